The number of hydrogen-bond acceptors (Lipinski definition) is 3. The normalized spacial score (nSPS) is 10.8. The Hall–Kier alpha value is -3.20. The molecule has 0 saturated heterocycles. The molecule has 0 amide bonds. The molecule has 2 rings (SSSR count). The summed E-state index contributed by atoms with van der Waals surface area (Å²) in [6.07, 6.45) is 13.3. The highest BCUT2D eigenvalue weighted by Gasteiger charge is 2.09. The molecule has 0 heterocycles. The predicted molar refractivity (Wildman–Crippen MR) is 112 cm³/mol. The topological polar surface area (TPSA) is 27.7 Å². The second-order valence-corrected chi connectivity index (χ2v) is 5.61. The van der Waals surface area contributed by atoms with Gasteiger partial charge in [0.1, 0.15) is 13.2 Å². The average Bonchev–Trinajstić information content (AvgIpc) is 2.70. The van der Waals surface area contributed by atoms with Crippen molar-refractivity contribution in [3.8, 4) is 23.0 Å². The summed E-state index contributed by atoms with van der Waals surface area (Å²) in [6, 6.07) is 15.2. The molecule has 0 unspecified atom stereocenters. The molecule has 0 atom stereocenters. The molecule has 0 radical (unpaired) electrons. The Morgan fingerprint density at radius 3 is 1.41 bits per heavy atom. The Labute approximate surface area is 161 Å². The largest absolute Gasteiger partial charge is 0.486 e. The average molecular weight is 362 g/mol. The van der Waals surface area contributed by atoms with Gasteiger partial charge in [-0.1, -0.05) is 60.7 Å². The molecule has 0 N–H and O–H groups in total. The highest BCUT2D eigenvalue weighted by atomic mass is 16.5. The third-order valence-electron chi connectivity index (χ3n) is 3.53. The first-order valence-corrected chi connectivity index (χ1v) is 8.98. The zero-order valence-electron chi connectivity index (χ0n) is 15.6. The summed E-state index contributed by atoms with van der Waals surface area (Å²) < 4.78 is 17.7. The second kappa shape index (κ2) is 12.2. The molecular weight excluding hydrogens is 336 g/mol. The van der Waals surface area contributed by atoms with E-state index < -0.39 is 0 Å². The van der Waals surface area contributed by atoms with Crippen LogP contribution >= 0.6 is 0 Å². The Balaban J connectivity index is 2.04. The van der Waals surface area contributed by atoms with Crippen LogP contribution in [0.25, 0.3) is 0 Å². The van der Waals surface area contributed by atoms with Gasteiger partial charge in [-0.15, -0.1) is 13.2 Å². The lowest BCUT2D eigenvalue weighted by molar-refractivity contribution is 0.321. The van der Waals surface area contributed by atoms with E-state index >= 15 is 0 Å². The summed E-state index contributed by atoms with van der Waals surface area (Å²) in [4.78, 5) is 0. The lowest BCUT2D eigenvalue weighted by Crippen LogP contribution is -1.98. The minimum absolute atomic E-state index is 0.473. The maximum absolute atomic E-state index is 6.07. The summed E-state index contributed by atoms with van der Waals surface area (Å²) in [5, 5.41) is 0. The van der Waals surface area contributed by atoms with Gasteiger partial charge < -0.3 is 14.2 Å². The van der Waals surface area contributed by atoms with E-state index in [2.05, 4.69) is 13.2 Å². The zero-order valence-corrected chi connectivity index (χ0v) is 15.6. The van der Waals surface area contributed by atoms with Gasteiger partial charge in [0, 0.05) is 0 Å². The zero-order chi connectivity index (χ0) is 19.2. The van der Waals surface area contributed by atoms with Gasteiger partial charge in [0.2, 0.25) is 0 Å². The van der Waals surface area contributed by atoms with E-state index in [0.29, 0.717) is 36.2 Å². The fourth-order valence-corrected chi connectivity index (χ4v) is 2.22. The standard InChI is InChI=1S/C24H26O3/c1-3-5-7-13-19-25-21-15-9-11-17-23(21)27-24-18-12-10-16-22(24)26-20-14-8-6-4-2/h3-4,7-18H,1-2,5-6,19-20H2. The molecule has 0 saturated carbocycles. The Bertz CT molecular complexity index is 709. The van der Waals surface area contributed by atoms with Gasteiger partial charge in [0.25, 0.3) is 0 Å². The summed E-state index contributed by atoms with van der Waals surface area (Å²) in [6.45, 7) is 8.32. The van der Waals surface area contributed by atoms with Crippen LogP contribution in [0.4, 0.5) is 0 Å². The predicted octanol–water partition coefficient (Wildman–Crippen LogP) is 6.50. The van der Waals surface area contributed by atoms with E-state index in [4.69, 9.17) is 14.2 Å². The van der Waals surface area contributed by atoms with Gasteiger partial charge in [-0.25, -0.2) is 0 Å². The van der Waals surface area contributed by atoms with Crippen molar-refractivity contribution in [3.05, 3.63) is 98.1 Å². The van der Waals surface area contributed by atoms with Gasteiger partial charge >= 0.3 is 0 Å². The van der Waals surface area contributed by atoms with Gasteiger partial charge in [0.15, 0.2) is 23.0 Å². The van der Waals surface area contributed by atoms with Crippen LogP contribution in [0.3, 0.4) is 0 Å². The van der Waals surface area contributed by atoms with Crippen molar-refractivity contribution in [2.75, 3.05) is 13.2 Å². The minimum atomic E-state index is 0.473. The van der Waals surface area contributed by atoms with Crippen molar-refractivity contribution < 1.29 is 14.2 Å². The number of hydrogen-bond donors (Lipinski definition) is 0. The maximum atomic E-state index is 6.07. The van der Waals surface area contributed by atoms with E-state index in [0.717, 1.165) is 12.8 Å². The van der Waals surface area contributed by atoms with E-state index in [1.807, 2.05) is 85.0 Å². The molecular formula is C24H26O3. The molecule has 0 aromatic heterocycles. The van der Waals surface area contributed by atoms with Gasteiger partial charge in [-0.3, -0.25) is 0 Å². The Morgan fingerprint density at radius 1 is 0.593 bits per heavy atom. The van der Waals surface area contributed by atoms with Crippen LogP contribution in [0.5, 0.6) is 23.0 Å². The third kappa shape index (κ3) is 7.28. The monoisotopic (exact) mass is 362 g/mol. The first-order chi connectivity index (χ1) is 13.3. The van der Waals surface area contributed by atoms with Crippen LogP contribution < -0.4 is 14.2 Å². The SMILES string of the molecule is C=CCC=CCOc1ccccc1Oc1ccccc1OCC=CCC=C. The summed E-state index contributed by atoms with van der Waals surface area (Å²) in [5.74, 6) is 2.66. The molecule has 140 valence electrons. The van der Waals surface area contributed by atoms with Crippen molar-refractivity contribution >= 4 is 0 Å². The Kier molecular flexibility index (Phi) is 9.09. The molecule has 2 aromatic carbocycles. The molecule has 0 fully saturated rings. The quantitative estimate of drug-likeness (QED) is 0.403. The first-order valence-electron chi connectivity index (χ1n) is 8.98. The molecule has 27 heavy (non-hydrogen) atoms. The summed E-state index contributed by atoms with van der Waals surface area (Å²) in [7, 11) is 0. The van der Waals surface area contributed by atoms with Gasteiger partial charge in [0.05, 0.1) is 0 Å². The van der Waals surface area contributed by atoms with Crippen LogP contribution in [-0.4, -0.2) is 13.2 Å². The first kappa shape index (κ1) is 20.1. The summed E-state index contributed by atoms with van der Waals surface area (Å²) >= 11 is 0. The molecule has 0 bridgehead atoms. The van der Waals surface area contributed by atoms with E-state index in [-0.39, 0.29) is 0 Å². The van der Waals surface area contributed by atoms with Crippen molar-refractivity contribution in [1.82, 2.24) is 0 Å². The molecule has 0 spiro atoms. The lowest BCUT2D eigenvalue weighted by atomic mass is 10.3. The third-order valence-corrected chi connectivity index (χ3v) is 3.53. The minimum Gasteiger partial charge on any atom is -0.486 e. The summed E-state index contributed by atoms with van der Waals surface area (Å²) in [5.41, 5.74) is 0. The number of benzene rings is 2. The Morgan fingerprint density at radius 2 is 1.00 bits per heavy atom. The van der Waals surface area contributed by atoms with Crippen LogP contribution in [0.1, 0.15) is 12.8 Å². The fourth-order valence-electron chi connectivity index (χ4n) is 2.22. The highest BCUT2D eigenvalue weighted by molar-refractivity contribution is 5.47. The van der Waals surface area contributed by atoms with Crippen molar-refractivity contribution in [2.24, 2.45) is 0 Å². The maximum Gasteiger partial charge on any atom is 0.169 e. The molecule has 0 aliphatic rings. The van der Waals surface area contributed by atoms with E-state index in [9.17, 15) is 0 Å². The molecule has 3 nitrogen and oxygen atoms in total. The molecule has 0 aliphatic heterocycles. The van der Waals surface area contributed by atoms with Crippen LogP contribution in [-0.2, 0) is 0 Å². The fraction of sp³-hybridized carbons (Fsp3) is 0.167. The molecule has 0 aliphatic carbocycles. The van der Waals surface area contributed by atoms with Crippen molar-refractivity contribution in [3.63, 3.8) is 0 Å². The van der Waals surface area contributed by atoms with Crippen molar-refractivity contribution in [1.29, 1.82) is 0 Å². The second-order valence-electron chi connectivity index (χ2n) is 5.61. The number of rotatable bonds is 12. The van der Waals surface area contributed by atoms with Gasteiger partial charge in [-0.2, -0.15) is 0 Å². The molecule has 3 heteroatoms. The van der Waals surface area contributed by atoms with Crippen molar-refractivity contribution in [2.45, 2.75) is 12.8 Å². The van der Waals surface area contributed by atoms with Crippen LogP contribution in [0.15, 0.2) is 98.1 Å². The smallest absolute Gasteiger partial charge is 0.169 e. The number of para-hydroxylation sites is 4. The van der Waals surface area contributed by atoms with E-state index in [1.165, 1.54) is 0 Å². The highest BCUT2D eigenvalue weighted by Crippen LogP contribution is 2.36. The van der Waals surface area contributed by atoms with Crippen LogP contribution in [0.2, 0.25) is 0 Å². The molecule has 2 aromatic rings. The lowest BCUT2D eigenvalue weighted by Gasteiger charge is -2.14. The van der Waals surface area contributed by atoms with Gasteiger partial charge in [-0.05, 0) is 37.1 Å². The number of ether oxygens (including phenoxy) is 3. The number of allylic oxidation sites excluding steroid dienone is 4. The van der Waals surface area contributed by atoms with E-state index in [1.54, 1.807) is 0 Å². The van der Waals surface area contributed by atoms with Crippen LogP contribution in [0, 0.1) is 0 Å².